The molecule has 4 bridgehead atoms. The van der Waals surface area contributed by atoms with E-state index < -0.39 is 0 Å². The minimum absolute atomic E-state index is 0.0600. The first-order chi connectivity index (χ1) is 12.0. The zero-order chi connectivity index (χ0) is 17.0. The van der Waals surface area contributed by atoms with Crippen molar-refractivity contribution >= 4 is 5.78 Å². The lowest BCUT2D eigenvalue weighted by Crippen LogP contribution is -2.70. The molecule has 2 saturated heterocycles. The number of ether oxygens (including phenoxy) is 1. The standard InChI is InChI=1S/C22H33NO2/c1-14-15-4-5-17-21(10-15,19(14)24)9-6-16-20(2)7-3-8-22(16,17)12-23-13-25-11-18(20)23/h14-18H,3-13H2,1-2H3. The highest BCUT2D eigenvalue weighted by Gasteiger charge is 2.72. The molecule has 6 aliphatic rings. The molecule has 138 valence electrons. The van der Waals surface area contributed by atoms with Crippen molar-refractivity contribution < 1.29 is 9.53 Å². The molecule has 0 aromatic heterocycles. The van der Waals surface area contributed by atoms with Crippen LogP contribution in [-0.2, 0) is 9.53 Å². The third-order valence-corrected chi connectivity index (χ3v) is 10.4. The first-order valence-electron chi connectivity index (χ1n) is 10.9. The molecule has 2 heterocycles. The Bertz CT molecular complexity index is 634. The summed E-state index contributed by atoms with van der Waals surface area (Å²) in [4.78, 5) is 16.1. The second kappa shape index (κ2) is 4.70. The number of Topliss-reactive ketones (excluding diaryl/α,β-unsaturated/α-hetero) is 1. The van der Waals surface area contributed by atoms with Gasteiger partial charge in [-0.3, -0.25) is 9.69 Å². The first kappa shape index (κ1) is 15.6. The predicted octanol–water partition coefficient (Wildman–Crippen LogP) is 3.87. The maximum Gasteiger partial charge on any atom is 0.142 e. The van der Waals surface area contributed by atoms with Gasteiger partial charge in [0.1, 0.15) is 5.78 Å². The highest BCUT2D eigenvalue weighted by atomic mass is 16.5. The molecule has 8 unspecified atom stereocenters. The van der Waals surface area contributed by atoms with Crippen molar-refractivity contribution in [2.24, 2.45) is 39.9 Å². The topological polar surface area (TPSA) is 29.5 Å². The average molecular weight is 344 g/mol. The van der Waals surface area contributed by atoms with Crippen LogP contribution in [0, 0.1) is 39.9 Å². The van der Waals surface area contributed by atoms with E-state index in [4.69, 9.17) is 4.74 Å². The third kappa shape index (κ3) is 1.61. The SMILES string of the molecule is CC1C(=O)C23CCC4C5(C)CCCC4(CN4COCC45)C2CCC1C3. The summed E-state index contributed by atoms with van der Waals surface area (Å²) in [5.41, 5.74) is 0.878. The van der Waals surface area contributed by atoms with E-state index in [0.29, 0.717) is 40.4 Å². The van der Waals surface area contributed by atoms with Gasteiger partial charge >= 0.3 is 0 Å². The molecule has 0 aromatic rings. The van der Waals surface area contributed by atoms with Gasteiger partial charge in [-0.05, 0) is 73.5 Å². The zero-order valence-corrected chi connectivity index (χ0v) is 15.9. The second-order valence-electron chi connectivity index (χ2n) is 10.8. The van der Waals surface area contributed by atoms with Gasteiger partial charge in [0.25, 0.3) is 0 Å². The summed E-state index contributed by atoms with van der Waals surface area (Å²) in [7, 11) is 0. The van der Waals surface area contributed by atoms with E-state index in [0.717, 1.165) is 19.3 Å². The normalized spacial score (nSPS) is 60.1. The van der Waals surface area contributed by atoms with E-state index in [2.05, 4.69) is 18.7 Å². The van der Waals surface area contributed by atoms with Crippen molar-refractivity contribution in [1.82, 2.24) is 4.90 Å². The Morgan fingerprint density at radius 3 is 2.88 bits per heavy atom. The molecule has 2 aliphatic heterocycles. The van der Waals surface area contributed by atoms with Gasteiger partial charge in [0.2, 0.25) is 0 Å². The number of carbonyl (C=O) groups excluding carboxylic acids is 1. The van der Waals surface area contributed by atoms with Crippen LogP contribution in [0.25, 0.3) is 0 Å². The largest absolute Gasteiger partial charge is 0.364 e. The highest BCUT2D eigenvalue weighted by Crippen LogP contribution is 2.73. The molecule has 1 spiro atoms. The Kier molecular flexibility index (Phi) is 2.94. The summed E-state index contributed by atoms with van der Waals surface area (Å²) in [5.74, 6) is 3.18. The molecule has 0 amide bonds. The number of fused-ring (bicyclic) bond motifs is 3. The van der Waals surface area contributed by atoms with Crippen molar-refractivity contribution in [3.63, 3.8) is 0 Å². The molecule has 3 nitrogen and oxygen atoms in total. The van der Waals surface area contributed by atoms with Gasteiger partial charge in [-0.15, -0.1) is 0 Å². The molecule has 4 aliphatic carbocycles. The van der Waals surface area contributed by atoms with Crippen LogP contribution < -0.4 is 0 Å². The number of piperidine rings is 1. The van der Waals surface area contributed by atoms with Gasteiger partial charge < -0.3 is 4.74 Å². The summed E-state index contributed by atoms with van der Waals surface area (Å²) in [6.07, 6.45) is 10.5. The number of hydrogen-bond acceptors (Lipinski definition) is 3. The number of carbonyl (C=O) groups is 1. The molecule has 4 saturated carbocycles. The number of nitrogens with zero attached hydrogens (tertiary/aromatic N) is 1. The number of rotatable bonds is 0. The lowest BCUT2D eigenvalue weighted by Gasteiger charge is -2.70. The molecule has 0 N–H and O–H groups in total. The summed E-state index contributed by atoms with van der Waals surface area (Å²) in [5, 5.41) is 0. The maximum absolute atomic E-state index is 13.4. The maximum atomic E-state index is 13.4. The van der Waals surface area contributed by atoms with Gasteiger partial charge in [-0.1, -0.05) is 20.3 Å². The van der Waals surface area contributed by atoms with E-state index >= 15 is 0 Å². The predicted molar refractivity (Wildman–Crippen MR) is 95.9 cm³/mol. The van der Waals surface area contributed by atoms with Crippen molar-refractivity contribution in [2.75, 3.05) is 19.9 Å². The van der Waals surface area contributed by atoms with Crippen LogP contribution in [0.1, 0.15) is 65.2 Å². The molecule has 0 aromatic carbocycles. The molecular weight excluding hydrogens is 310 g/mol. The molecule has 6 fully saturated rings. The lowest BCUT2D eigenvalue weighted by atomic mass is 9.38. The fourth-order valence-corrected chi connectivity index (χ4v) is 9.53. The van der Waals surface area contributed by atoms with Crippen molar-refractivity contribution in [2.45, 2.75) is 71.3 Å². The Morgan fingerprint density at radius 2 is 2.00 bits per heavy atom. The second-order valence-corrected chi connectivity index (χ2v) is 10.8. The summed E-state index contributed by atoms with van der Waals surface area (Å²) in [6, 6.07) is 0.634. The number of ketones is 1. The molecule has 3 heteroatoms. The molecule has 0 radical (unpaired) electrons. The van der Waals surface area contributed by atoms with Crippen molar-refractivity contribution in [3.05, 3.63) is 0 Å². The van der Waals surface area contributed by atoms with Crippen LogP contribution in [-0.4, -0.2) is 36.6 Å². The summed E-state index contributed by atoms with van der Waals surface area (Å²) < 4.78 is 5.96. The lowest BCUT2D eigenvalue weighted by molar-refractivity contribution is -0.214. The first-order valence-corrected chi connectivity index (χ1v) is 10.9. The monoisotopic (exact) mass is 343 g/mol. The Balaban J connectivity index is 1.49. The van der Waals surface area contributed by atoms with E-state index in [1.54, 1.807) is 0 Å². The minimum atomic E-state index is 0.0600. The van der Waals surface area contributed by atoms with Crippen LogP contribution in [0.5, 0.6) is 0 Å². The van der Waals surface area contributed by atoms with Crippen molar-refractivity contribution in [1.29, 1.82) is 0 Å². The van der Waals surface area contributed by atoms with Gasteiger partial charge in [-0.25, -0.2) is 0 Å². The van der Waals surface area contributed by atoms with Crippen LogP contribution in [0.2, 0.25) is 0 Å². The van der Waals surface area contributed by atoms with Crippen LogP contribution in [0.3, 0.4) is 0 Å². The van der Waals surface area contributed by atoms with Crippen LogP contribution in [0.15, 0.2) is 0 Å². The van der Waals surface area contributed by atoms with Gasteiger partial charge in [-0.2, -0.15) is 0 Å². The zero-order valence-electron chi connectivity index (χ0n) is 15.9. The van der Waals surface area contributed by atoms with Crippen LogP contribution in [0.4, 0.5) is 0 Å². The van der Waals surface area contributed by atoms with E-state index in [-0.39, 0.29) is 5.41 Å². The quantitative estimate of drug-likeness (QED) is 0.669. The third-order valence-electron chi connectivity index (χ3n) is 10.4. The highest BCUT2D eigenvalue weighted by molar-refractivity contribution is 5.90. The Hall–Kier alpha value is -0.410. The van der Waals surface area contributed by atoms with E-state index in [1.165, 1.54) is 57.9 Å². The molecular formula is C22H33NO2. The Morgan fingerprint density at radius 1 is 1.12 bits per heavy atom. The van der Waals surface area contributed by atoms with E-state index in [9.17, 15) is 4.79 Å². The summed E-state index contributed by atoms with van der Waals surface area (Å²) >= 11 is 0. The van der Waals surface area contributed by atoms with Gasteiger partial charge in [0, 0.05) is 23.9 Å². The smallest absolute Gasteiger partial charge is 0.142 e. The molecule has 6 rings (SSSR count). The van der Waals surface area contributed by atoms with Gasteiger partial charge in [0.15, 0.2) is 0 Å². The van der Waals surface area contributed by atoms with Crippen molar-refractivity contribution in [3.8, 4) is 0 Å². The summed E-state index contributed by atoms with van der Waals surface area (Å²) in [6.45, 7) is 7.82. The van der Waals surface area contributed by atoms with E-state index in [1.807, 2.05) is 0 Å². The fraction of sp³-hybridized carbons (Fsp3) is 0.955. The number of hydrogen-bond donors (Lipinski definition) is 0. The fourth-order valence-electron chi connectivity index (χ4n) is 9.53. The molecule has 25 heavy (non-hydrogen) atoms. The Labute approximate surface area is 151 Å². The van der Waals surface area contributed by atoms with Crippen LogP contribution >= 0.6 is 0 Å². The average Bonchev–Trinajstić information content (AvgIpc) is 3.13. The van der Waals surface area contributed by atoms with Gasteiger partial charge in [0.05, 0.1) is 13.3 Å². The minimum Gasteiger partial charge on any atom is -0.364 e. The molecule has 8 atom stereocenters.